The van der Waals surface area contributed by atoms with Gasteiger partial charge >= 0.3 is 0 Å². The molecule has 1 saturated heterocycles. The number of carbonyl (C=O) groups is 1. The van der Waals surface area contributed by atoms with Gasteiger partial charge in [0.05, 0.1) is 10.7 Å². The smallest absolute Gasteiger partial charge is 0.225 e. The summed E-state index contributed by atoms with van der Waals surface area (Å²) in [6.07, 6.45) is 6.42. The molecule has 164 valence electrons. The number of aliphatic imine (C=N–C) groups is 1. The Balaban J connectivity index is 0.00000300. The van der Waals surface area contributed by atoms with Crippen molar-refractivity contribution in [3.8, 4) is 0 Å². The van der Waals surface area contributed by atoms with Crippen LogP contribution >= 0.6 is 35.3 Å². The van der Waals surface area contributed by atoms with E-state index in [-0.39, 0.29) is 35.9 Å². The van der Waals surface area contributed by atoms with E-state index >= 15 is 0 Å². The highest BCUT2D eigenvalue weighted by Crippen LogP contribution is 2.27. The maximum Gasteiger partial charge on any atom is 0.225 e. The van der Waals surface area contributed by atoms with Crippen LogP contribution in [0.1, 0.15) is 69.5 Å². The summed E-state index contributed by atoms with van der Waals surface area (Å²) in [5.74, 6) is 1.98. The lowest BCUT2D eigenvalue weighted by Gasteiger charge is -2.21. The van der Waals surface area contributed by atoms with Crippen LogP contribution in [0.25, 0.3) is 0 Å². The fourth-order valence-electron chi connectivity index (χ4n) is 4.01. The number of hydrogen-bond acceptors (Lipinski definition) is 4. The fourth-order valence-corrected chi connectivity index (χ4v) is 4.88. The molecule has 1 unspecified atom stereocenters. The Bertz CT molecular complexity index is 672. The molecule has 0 aromatic carbocycles. The number of nitrogens with one attached hydrogen (secondary N) is 2. The van der Waals surface area contributed by atoms with Crippen LogP contribution < -0.4 is 10.6 Å². The van der Waals surface area contributed by atoms with E-state index in [4.69, 9.17) is 4.99 Å². The van der Waals surface area contributed by atoms with E-state index in [9.17, 15) is 4.79 Å². The molecule has 6 nitrogen and oxygen atoms in total. The standard InChI is InChI=1S/C21H35N5OS.HI/c1-4-22-21(23-11-9-18-14-28-19(24-18)15(2)3)25-17-10-12-26(13-17)20(27)16-7-5-6-8-16;/h14-17H,4-13H2,1-3H3,(H2,22,23,25);1H. The molecule has 0 bridgehead atoms. The van der Waals surface area contributed by atoms with E-state index in [2.05, 4.69) is 46.7 Å². The van der Waals surface area contributed by atoms with Gasteiger partial charge < -0.3 is 15.5 Å². The van der Waals surface area contributed by atoms with Crippen LogP contribution in [-0.4, -0.2) is 54.0 Å². The third kappa shape index (κ3) is 7.08. The van der Waals surface area contributed by atoms with Crippen molar-refractivity contribution in [2.75, 3.05) is 26.2 Å². The largest absolute Gasteiger partial charge is 0.357 e. The molecule has 0 spiro atoms. The van der Waals surface area contributed by atoms with Crippen LogP contribution in [0.4, 0.5) is 0 Å². The Morgan fingerprint density at radius 3 is 2.76 bits per heavy atom. The van der Waals surface area contributed by atoms with E-state index in [1.165, 1.54) is 17.8 Å². The SMILES string of the molecule is CCNC(=NCCc1csc(C(C)C)n1)NC1CCN(C(=O)C2CCCC2)C1.I. The molecular formula is C21H36IN5OS. The van der Waals surface area contributed by atoms with E-state index in [0.717, 1.165) is 57.0 Å². The second kappa shape index (κ2) is 12.1. The molecule has 1 aromatic rings. The van der Waals surface area contributed by atoms with E-state index in [1.807, 2.05) is 0 Å². The van der Waals surface area contributed by atoms with Crippen LogP contribution in [0, 0.1) is 5.92 Å². The predicted molar refractivity (Wildman–Crippen MR) is 131 cm³/mol. The van der Waals surface area contributed by atoms with Crippen molar-refractivity contribution >= 4 is 47.2 Å². The van der Waals surface area contributed by atoms with E-state index in [0.29, 0.717) is 18.4 Å². The summed E-state index contributed by atoms with van der Waals surface area (Å²) >= 11 is 1.74. The normalized spacial score (nSPS) is 20.2. The molecule has 2 heterocycles. The van der Waals surface area contributed by atoms with Crippen molar-refractivity contribution in [3.63, 3.8) is 0 Å². The molecule has 1 aliphatic carbocycles. The zero-order valence-electron chi connectivity index (χ0n) is 17.9. The highest BCUT2D eigenvalue weighted by Gasteiger charge is 2.32. The number of rotatable bonds is 7. The highest BCUT2D eigenvalue weighted by atomic mass is 127. The Morgan fingerprint density at radius 2 is 2.10 bits per heavy atom. The number of thiazole rings is 1. The maximum absolute atomic E-state index is 12.6. The molecule has 2 aliphatic rings. The first kappa shape index (κ1) is 24.4. The number of nitrogens with zero attached hydrogens (tertiary/aromatic N) is 3. The second-order valence-corrected chi connectivity index (χ2v) is 9.13. The third-order valence-corrected chi connectivity index (χ3v) is 6.78. The summed E-state index contributed by atoms with van der Waals surface area (Å²) in [4.78, 5) is 24.1. The van der Waals surface area contributed by atoms with Gasteiger partial charge in [-0.15, -0.1) is 35.3 Å². The van der Waals surface area contributed by atoms with Crippen molar-refractivity contribution in [1.29, 1.82) is 0 Å². The molecule has 3 rings (SSSR count). The van der Waals surface area contributed by atoms with Crippen molar-refractivity contribution in [3.05, 3.63) is 16.1 Å². The third-order valence-electron chi connectivity index (χ3n) is 5.59. The Hall–Kier alpha value is -0.900. The zero-order chi connectivity index (χ0) is 19.9. The molecular weight excluding hydrogens is 497 g/mol. The topological polar surface area (TPSA) is 69.6 Å². The van der Waals surface area contributed by atoms with Crippen LogP contribution in [-0.2, 0) is 11.2 Å². The van der Waals surface area contributed by atoms with Gasteiger partial charge in [-0.2, -0.15) is 0 Å². The quantitative estimate of drug-likeness (QED) is 0.318. The van der Waals surface area contributed by atoms with Gasteiger partial charge in [-0.1, -0.05) is 26.7 Å². The average Bonchev–Trinajstić information content (AvgIpc) is 3.43. The van der Waals surface area contributed by atoms with Gasteiger partial charge in [0.15, 0.2) is 5.96 Å². The summed E-state index contributed by atoms with van der Waals surface area (Å²) < 4.78 is 0. The first-order valence-electron chi connectivity index (χ1n) is 10.8. The summed E-state index contributed by atoms with van der Waals surface area (Å²) in [6, 6.07) is 0.287. The molecule has 2 N–H and O–H groups in total. The number of halogens is 1. The van der Waals surface area contributed by atoms with Gasteiger partial charge in [-0.05, 0) is 26.2 Å². The molecule has 1 atom stereocenters. The van der Waals surface area contributed by atoms with Crippen LogP contribution in [0.3, 0.4) is 0 Å². The summed E-state index contributed by atoms with van der Waals surface area (Å²) in [6.45, 7) is 9.64. The average molecular weight is 534 g/mol. The molecule has 1 amide bonds. The molecule has 0 radical (unpaired) electrons. The molecule has 1 aromatic heterocycles. The lowest BCUT2D eigenvalue weighted by atomic mass is 10.1. The van der Waals surface area contributed by atoms with Crippen molar-refractivity contribution in [1.82, 2.24) is 20.5 Å². The minimum atomic E-state index is 0. The zero-order valence-corrected chi connectivity index (χ0v) is 21.1. The number of aromatic nitrogens is 1. The molecule has 1 saturated carbocycles. The first-order chi connectivity index (χ1) is 13.6. The minimum absolute atomic E-state index is 0. The second-order valence-electron chi connectivity index (χ2n) is 8.24. The van der Waals surface area contributed by atoms with Gasteiger partial charge in [0.1, 0.15) is 0 Å². The maximum atomic E-state index is 12.6. The Kier molecular flexibility index (Phi) is 10.1. The minimum Gasteiger partial charge on any atom is -0.357 e. The Labute approximate surface area is 196 Å². The van der Waals surface area contributed by atoms with Gasteiger partial charge in [0.2, 0.25) is 5.91 Å². The lowest BCUT2D eigenvalue weighted by Crippen LogP contribution is -2.45. The van der Waals surface area contributed by atoms with Gasteiger partial charge in [0.25, 0.3) is 0 Å². The van der Waals surface area contributed by atoms with Crippen molar-refractivity contribution in [2.24, 2.45) is 10.9 Å². The number of hydrogen-bond donors (Lipinski definition) is 2. The number of likely N-dealkylation sites (tertiary alicyclic amines) is 1. The molecule has 2 fully saturated rings. The lowest BCUT2D eigenvalue weighted by molar-refractivity contribution is -0.134. The first-order valence-corrected chi connectivity index (χ1v) is 11.7. The monoisotopic (exact) mass is 533 g/mol. The van der Waals surface area contributed by atoms with E-state index in [1.54, 1.807) is 11.3 Å². The van der Waals surface area contributed by atoms with Gasteiger partial charge in [-0.3, -0.25) is 9.79 Å². The highest BCUT2D eigenvalue weighted by molar-refractivity contribution is 14.0. The fraction of sp³-hybridized carbons (Fsp3) is 0.762. The molecule has 29 heavy (non-hydrogen) atoms. The summed E-state index contributed by atoms with van der Waals surface area (Å²) in [7, 11) is 0. The number of carbonyl (C=O) groups excluding carboxylic acids is 1. The van der Waals surface area contributed by atoms with Gasteiger partial charge in [0, 0.05) is 55.9 Å². The van der Waals surface area contributed by atoms with Crippen LogP contribution in [0.15, 0.2) is 10.4 Å². The van der Waals surface area contributed by atoms with E-state index < -0.39 is 0 Å². The van der Waals surface area contributed by atoms with Crippen LogP contribution in [0.5, 0.6) is 0 Å². The van der Waals surface area contributed by atoms with Gasteiger partial charge in [-0.25, -0.2) is 4.98 Å². The van der Waals surface area contributed by atoms with Crippen molar-refractivity contribution in [2.45, 2.75) is 71.3 Å². The summed E-state index contributed by atoms with van der Waals surface area (Å²) in [5, 5.41) is 10.2. The molecule has 1 aliphatic heterocycles. The van der Waals surface area contributed by atoms with Crippen LogP contribution in [0.2, 0.25) is 0 Å². The molecule has 8 heteroatoms. The number of amides is 1. The van der Waals surface area contributed by atoms with Crippen molar-refractivity contribution < 1.29 is 4.79 Å². The summed E-state index contributed by atoms with van der Waals surface area (Å²) in [5.41, 5.74) is 1.13. The number of guanidine groups is 1. The predicted octanol–water partition coefficient (Wildman–Crippen LogP) is 3.77. The Morgan fingerprint density at radius 1 is 1.34 bits per heavy atom.